The maximum Gasteiger partial charge on any atom is 0.0754 e. The second-order valence-electron chi connectivity index (χ2n) is 7.25. The number of aliphatic hydroxyl groups is 1. The van der Waals surface area contributed by atoms with Gasteiger partial charge in [-0.05, 0) is 36.3 Å². The largest absolute Gasteiger partial charge is 0.391 e. The number of aromatic nitrogens is 1. The fourth-order valence-corrected chi connectivity index (χ4v) is 4.49. The summed E-state index contributed by atoms with van der Waals surface area (Å²) in [6.07, 6.45) is 4.25. The van der Waals surface area contributed by atoms with Crippen LogP contribution in [0.3, 0.4) is 0 Å². The average molecular weight is 262 g/mol. The molecule has 19 heavy (non-hydrogen) atoms. The Morgan fingerprint density at radius 1 is 1.42 bits per heavy atom. The zero-order chi connectivity index (χ0) is 13.8. The van der Waals surface area contributed by atoms with Crippen molar-refractivity contribution in [3.63, 3.8) is 0 Å². The molecule has 3 rings (SSSR count). The molecule has 2 aliphatic carbocycles. The molecule has 1 aromatic rings. The van der Waals surface area contributed by atoms with Gasteiger partial charge in [0.1, 0.15) is 0 Å². The van der Waals surface area contributed by atoms with Gasteiger partial charge in [-0.3, -0.25) is 0 Å². The van der Waals surface area contributed by atoms with E-state index in [2.05, 4.69) is 56.0 Å². The number of nitrogens with one attached hydrogen (secondary N) is 1. The maximum absolute atomic E-state index is 10.7. The van der Waals surface area contributed by atoms with E-state index >= 15 is 0 Å². The SMILES string of the molecule is Cn1cccc1CN[C@H]1[C@@H](O)[C@@]2(C)CC[C@@H]1C2(C)C. The highest BCUT2D eigenvalue weighted by molar-refractivity contribution is 5.17. The highest BCUT2D eigenvalue weighted by atomic mass is 16.3. The van der Waals surface area contributed by atoms with Gasteiger partial charge < -0.3 is 15.0 Å². The van der Waals surface area contributed by atoms with Crippen LogP contribution in [0.2, 0.25) is 0 Å². The van der Waals surface area contributed by atoms with Crippen LogP contribution in [0.25, 0.3) is 0 Å². The third kappa shape index (κ3) is 1.64. The fourth-order valence-electron chi connectivity index (χ4n) is 4.49. The van der Waals surface area contributed by atoms with E-state index in [1.54, 1.807) is 0 Å². The van der Waals surface area contributed by atoms with Crippen LogP contribution >= 0.6 is 0 Å². The van der Waals surface area contributed by atoms with Gasteiger partial charge in [-0.15, -0.1) is 0 Å². The van der Waals surface area contributed by atoms with Crippen LogP contribution in [-0.2, 0) is 13.6 Å². The van der Waals surface area contributed by atoms with Gasteiger partial charge in [0.2, 0.25) is 0 Å². The third-order valence-electron chi connectivity index (χ3n) is 6.37. The Hall–Kier alpha value is -0.800. The van der Waals surface area contributed by atoms with E-state index in [1.165, 1.54) is 12.1 Å². The summed E-state index contributed by atoms with van der Waals surface area (Å²) >= 11 is 0. The third-order valence-corrected chi connectivity index (χ3v) is 6.37. The summed E-state index contributed by atoms with van der Waals surface area (Å²) in [5.41, 5.74) is 1.58. The highest BCUT2D eigenvalue weighted by Gasteiger charge is 2.65. The molecule has 3 nitrogen and oxygen atoms in total. The molecule has 106 valence electrons. The average Bonchev–Trinajstić information content (AvgIpc) is 2.89. The molecule has 0 unspecified atom stereocenters. The standard InChI is InChI=1S/C16H26N2O/c1-15(2)12-7-8-16(15,3)14(19)13(12)17-10-11-6-5-9-18(11)4/h5-6,9,12-14,17,19H,7-8,10H2,1-4H3/t12-,13+,14+,16+/m0/s1. The molecule has 0 radical (unpaired) electrons. The minimum atomic E-state index is -0.221. The van der Waals surface area contributed by atoms with Gasteiger partial charge in [-0.25, -0.2) is 0 Å². The van der Waals surface area contributed by atoms with Crippen molar-refractivity contribution < 1.29 is 5.11 Å². The van der Waals surface area contributed by atoms with Crippen molar-refractivity contribution >= 4 is 0 Å². The molecule has 2 bridgehead atoms. The second-order valence-corrected chi connectivity index (χ2v) is 7.25. The quantitative estimate of drug-likeness (QED) is 0.877. The molecule has 3 heteroatoms. The molecule has 1 heterocycles. The Labute approximate surface area is 116 Å². The van der Waals surface area contributed by atoms with Gasteiger partial charge in [-0.1, -0.05) is 20.8 Å². The van der Waals surface area contributed by atoms with Gasteiger partial charge in [0.25, 0.3) is 0 Å². The highest BCUT2D eigenvalue weighted by Crippen LogP contribution is 2.65. The lowest BCUT2D eigenvalue weighted by Crippen LogP contribution is -2.46. The van der Waals surface area contributed by atoms with E-state index in [0.717, 1.165) is 13.0 Å². The molecule has 0 amide bonds. The first-order valence-corrected chi connectivity index (χ1v) is 7.39. The molecule has 2 N–H and O–H groups in total. The van der Waals surface area contributed by atoms with Crippen LogP contribution in [0.4, 0.5) is 0 Å². The lowest BCUT2D eigenvalue weighted by Gasteiger charge is -2.37. The molecule has 1 aromatic heterocycles. The second kappa shape index (κ2) is 4.10. The van der Waals surface area contributed by atoms with Crippen molar-refractivity contribution in [3.8, 4) is 0 Å². The number of nitrogens with zero attached hydrogens (tertiary/aromatic N) is 1. The van der Waals surface area contributed by atoms with Crippen molar-refractivity contribution in [2.75, 3.05) is 0 Å². The van der Waals surface area contributed by atoms with Gasteiger partial charge in [0.05, 0.1) is 6.10 Å². The summed E-state index contributed by atoms with van der Waals surface area (Å²) in [7, 11) is 2.07. The first-order chi connectivity index (χ1) is 8.88. The van der Waals surface area contributed by atoms with Crippen molar-refractivity contribution in [1.29, 1.82) is 0 Å². The fraction of sp³-hybridized carbons (Fsp3) is 0.750. The molecule has 2 fully saturated rings. The summed E-state index contributed by atoms with van der Waals surface area (Å²) in [5.74, 6) is 0.591. The number of aryl methyl sites for hydroxylation is 1. The minimum absolute atomic E-state index is 0.0730. The van der Waals surface area contributed by atoms with Crippen molar-refractivity contribution in [2.24, 2.45) is 23.8 Å². The molecule has 0 spiro atoms. The Morgan fingerprint density at radius 3 is 2.68 bits per heavy atom. The zero-order valence-electron chi connectivity index (χ0n) is 12.5. The Bertz CT molecular complexity index is 479. The van der Waals surface area contributed by atoms with E-state index in [-0.39, 0.29) is 23.0 Å². The maximum atomic E-state index is 10.7. The van der Waals surface area contributed by atoms with Gasteiger partial charge >= 0.3 is 0 Å². The molecule has 0 saturated heterocycles. The van der Waals surface area contributed by atoms with E-state index < -0.39 is 0 Å². The van der Waals surface area contributed by atoms with Crippen LogP contribution in [0.5, 0.6) is 0 Å². The first-order valence-electron chi connectivity index (χ1n) is 7.39. The minimum Gasteiger partial charge on any atom is -0.391 e. The smallest absolute Gasteiger partial charge is 0.0754 e. The Balaban J connectivity index is 1.75. The molecule has 2 saturated carbocycles. The number of fused-ring (bicyclic) bond motifs is 2. The van der Waals surface area contributed by atoms with Crippen LogP contribution in [0, 0.1) is 16.7 Å². The number of hydrogen-bond donors (Lipinski definition) is 2. The van der Waals surface area contributed by atoms with E-state index in [4.69, 9.17) is 0 Å². The number of rotatable bonds is 3. The van der Waals surface area contributed by atoms with Gasteiger partial charge in [0.15, 0.2) is 0 Å². The molecular formula is C16H26N2O. The van der Waals surface area contributed by atoms with Crippen LogP contribution < -0.4 is 5.32 Å². The van der Waals surface area contributed by atoms with Gasteiger partial charge in [-0.2, -0.15) is 0 Å². The summed E-state index contributed by atoms with van der Waals surface area (Å²) < 4.78 is 2.14. The van der Waals surface area contributed by atoms with E-state index in [1.807, 2.05) is 0 Å². The van der Waals surface area contributed by atoms with Crippen LogP contribution in [-0.4, -0.2) is 21.8 Å². The lowest BCUT2D eigenvalue weighted by molar-refractivity contribution is -0.000253. The molecule has 4 atom stereocenters. The van der Waals surface area contributed by atoms with Crippen LogP contribution in [0.15, 0.2) is 18.3 Å². The van der Waals surface area contributed by atoms with E-state index in [9.17, 15) is 5.11 Å². The van der Waals surface area contributed by atoms with E-state index in [0.29, 0.717) is 5.92 Å². The predicted octanol–water partition coefficient (Wildman–Crippen LogP) is 2.30. The van der Waals surface area contributed by atoms with Crippen molar-refractivity contribution in [2.45, 2.75) is 52.3 Å². The molecule has 0 aliphatic heterocycles. The Kier molecular flexibility index (Phi) is 2.84. The van der Waals surface area contributed by atoms with Gasteiger partial charge in [0, 0.05) is 36.9 Å². The van der Waals surface area contributed by atoms with Crippen LogP contribution in [0.1, 0.15) is 39.3 Å². The Morgan fingerprint density at radius 2 is 2.16 bits per heavy atom. The molecule has 0 aromatic carbocycles. The predicted molar refractivity (Wildman–Crippen MR) is 76.7 cm³/mol. The summed E-state index contributed by atoms with van der Waals surface area (Å²) in [6.45, 7) is 7.77. The van der Waals surface area contributed by atoms with Crippen molar-refractivity contribution in [3.05, 3.63) is 24.0 Å². The number of aliphatic hydroxyl groups excluding tert-OH is 1. The first kappa shape index (κ1) is 13.2. The molecule has 2 aliphatic rings. The summed E-state index contributed by atoms with van der Waals surface area (Å²) in [6, 6.07) is 4.45. The zero-order valence-corrected chi connectivity index (χ0v) is 12.5. The summed E-state index contributed by atoms with van der Waals surface area (Å²) in [4.78, 5) is 0. The topological polar surface area (TPSA) is 37.2 Å². The monoisotopic (exact) mass is 262 g/mol. The summed E-state index contributed by atoms with van der Waals surface area (Å²) in [5, 5.41) is 14.3. The molecular weight excluding hydrogens is 236 g/mol. The lowest BCUT2D eigenvalue weighted by atomic mass is 9.70. The number of hydrogen-bond acceptors (Lipinski definition) is 2. The van der Waals surface area contributed by atoms with Crippen molar-refractivity contribution in [1.82, 2.24) is 9.88 Å². The normalized spacial score (nSPS) is 39.9.